The minimum atomic E-state index is -0.297. The Morgan fingerprint density at radius 1 is 1.15 bits per heavy atom. The quantitative estimate of drug-likeness (QED) is 0.851. The van der Waals surface area contributed by atoms with Crippen molar-refractivity contribution in [2.45, 2.75) is 52.2 Å². The van der Waals surface area contributed by atoms with Crippen LogP contribution in [0.5, 0.6) is 0 Å². The summed E-state index contributed by atoms with van der Waals surface area (Å²) >= 11 is 0. The largest absolute Gasteiger partial charge is 0.495 e. The molecule has 1 saturated heterocycles. The second kappa shape index (κ2) is 4.37. The second-order valence-electron chi connectivity index (χ2n) is 6.40. The highest BCUT2D eigenvalue weighted by atomic mass is 16.7. The van der Waals surface area contributed by atoms with Gasteiger partial charge in [-0.25, -0.2) is 0 Å². The van der Waals surface area contributed by atoms with Gasteiger partial charge in [-0.2, -0.15) is 0 Å². The standard InChI is InChI=1S/C16H22BNO2/c1-6-16(5)15(3,4)19-17(20-16)13-8-7-11(2)14-12(13)9-10-18-14/h7-10,18H,6H2,1-5H3. The van der Waals surface area contributed by atoms with E-state index in [0.717, 1.165) is 17.4 Å². The van der Waals surface area contributed by atoms with Crippen molar-refractivity contribution in [3.05, 3.63) is 30.0 Å². The molecular formula is C16H22BNO2. The minimum absolute atomic E-state index is 0.259. The molecule has 0 aliphatic carbocycles. The molecule has 3 rings (SSSR count). The SMILES string of the molecule is CCC1(C)OB(c2ccc(C)c3[nH]ccc23)OC1(C)C. The van der Waals surface area contributed by atoms with Gasteiger partial charge in [0.25, 0.3) is 0 Å². The van der Waals surface area contributed by atoms with Crippen LogP contribution in [0.1, 0.15) is 39.7 Å². The first-order valence-electron chi connectivity index (χ1n) is 7.30. The number of aryl methyl sites for hydroxylation is 1. The van der Waals surface area contributed by atoms with Crippen molar-refractivity contribution in [3.63, 3.8) is 0 Å². The molecular weight excluding hydrogens is 249 g/mol. The molecule has 0 radical (unpaired) electrons. The molecule has 1 aromatic heterocycles. The summed E-state index contributed by atoms with van der Waals surface area (Å²) in [5, 5.41) is 1.19. The van der Waals surface area contributed by atoms with E-state index in [2.05, 4.69) is 57.8 Å². The molecule has 1 aliphatic rings. The summed E-state index contributed by atoms with van der Waals surface area (Å²) in [4.78, 5) is 3.30. The Morgan fingerprint density at radius 2 is 1.90 bits per heavy atom. The summed E-state index contributed by atoms with van der Waals surface area (Å²) in [7, 11) is -0.297. The highest BCUT2D eigenvalue weighted by molar-refractivity contribution is 6.65. The molecule has 1 fully saturated rings. The van der Waals surface area contributed by atoms with Crippen LogP contribution in [0.15, 0.2) is 24.4 Å². The number of H-pyrrole nitrogens is 1. The van der Waals surface area contributed by atoms with Crippen molar-refractivity contribution in [3.8, 4) is 0 Å². The zero-order valence-corrected chi connectivity index (χ0v) is 12.9. The molecule has 1 aromatic carbocycles. The molecule has 1 atom stereocenters. The van der Waals surface area contributed by atoms with Gasteiger partial charge in [0.1, 0.15) is 0 Å². The number of benzene rings is 1. The van der Waals surface area contributed by atoms with E-state index in [4.69, 9.17) is 9.31 Å². The minimum Gasteiger partial charge on any atom is -0.399 e. The normalized spacial score (nSPS) is 25.6. The predicted molar refractivity (Wildman–Crippen MR) is 83.4 cm³/mol. The maximum Gasteiger partial charge on any atom is 0.495 e. The van der Waals surface area contributed by atoms with Gasteiger partial charge in [0, 0.05) is 11.7 Å². The first-order valence-corrected chi connectivity index (χ1v) is 7.30. The maximum atomic E-state index is 6.28. The van der Waals surface area contributed by atoms with Crippen LogP contribution in [0.3, 0.4) is 0 Å². The maximum absolute atomic E-state index is 6.28. The number of nitrogens with one attached hydrogen (secondary N) is 1. The zero-order valence-electron chi connectivity index (χ0n) is 12.9. The topological polar surface area (TPSA) is 34.2 Å². The van der Waals surface area contributed by atoms with Gasteiger partial charge in [0.05, 0.1) is 11.2 Å². The van der Waals surface area contributed by atoms with E-state index in [9.17, 15) is 0 Å². The first kappa shape index (κ1) is 13.7. The van der Waals surface area contributed by atoms with E-state index >= 15 is 0 Å². The molecule has 0 bridgehead atoms. The second-order valence-corrected chi connectivity index (χ2v) is 6.40. The number of aromatic nitrogens is 1. The summed E-state index contributed by atoms with van der Waals surface area (Å²) in [5.41, 5.74) is 2.96. The summed E-state index contributed by atoms with van der Waals surface area (Å²) in [6, 6.07) is 6.34. The van der Waals surface area contributed by atoms with E-state index < -0.39 is 0 Å². The molecule has 3 nitrogen and oxygen atoms in total. The number of hydrogen-bond donors (Lipinski definition) is 1. The van der Waals surface area contributed by atoms with E-state index in [1.807, 2.05) is 6.20 Å². The molecule has 4 heteroatoms. The zero-order chi connectivity index (χ0) is 14.5. The molecule has 2 aromatic rings. The van der Waals surface area contributed by atoms with E-state index in [1.54, 1.807) is 0 Å². The predicted octanol–water partition coefficient (Wildman–Crippen LogP) is 3.17. The van der Waals surface area contributed by atoms with Gasteiger partial charge in [0.15, 0.2) is 0 Å². The van der Waals surface area contributed by atoms with Gasteiger partial charge in [-0.15, -0.1) is 0 Å². The van der Waals surface area contributed by atoms with Crippen LogP contribution in [0, 0.1) is 6.92 Å². The summed E-state index contributed by atoms with van der Waals surface area (Å²) in [6.07, 6.45) is 2.90. The fourth-order valence-corrected chi connectivity index (χ4v) is 2.96. The van der Waals surface area contributed by atoms with Gasteiger partial charge >= 0.3 is 7.12 Å². The highest BCUT2D eigenvalue weighted by Crippen LogP contribution is 2.39. The van der Waals surface area contributed by atoms with Crippen molar-refractivity contribution in [2.24, 2.45) is 0 Å². The van der Waals surface area contributed by atoms with E-state index in [-0.39, 0.29) is 18.3 Å². The van der Waals surface area contributed by atoms with Gasteiger partial charge in [0.2, 0.25) is 0 Å². The number of fused-ring (bicyclic) bond motifs is 1. The van der Waals surface area contributed by atoms with Crippen LogP contribution in [-0.4, -0.2) is 23.3 Å². The van der Waals surface area contributed by atoms with Crippen LogP contribution in [0.2, 0.25) is 0 Å². The summed E-state index contributed by atoms with van der Waals surface area (Å²) < 4.78 is 12.5. The lowest BCUT2D eigenvalue weighted by Gasteiger charge is -2.35. The average Bonchev–Trinajstić information content (AvgIpc) is 2.95. The Hall–Kier alpha value is -1.26. The molecule has 1 N–H and O–H groups in total. The van der Waals surface area contributed by atoms with Crippen LogP contribution in [-0.2, 0) is 9.31 Å². The van der Waals surface area contributed by atoms with Crippen LogP contribution in [0.25, 0.3) is 10.9 Å². The van der Waals surface area contributed by atoms with Crippen LogP contribution in [0.4, 0.5) is 0 Å². The molecule has 0 spiro atoms. The molecule has 0 saturated carbocycles. The lowest BCUT2D eigenvalue weighted by atomic mass is 9.76. The fourth-order valence-electron chi connectivity index (χ4n) is 2.96. The molecule has 20 heavy (non-hydrogen) atoms. The van der Waals surface area contributed by atoms with Gasteiger partial charge in [-0.05, 0) is 56.6 Å². The van der Waals surface area contributed by atoms with Crippen molar-refractivity contribution in [1.29, 1.82) is 0 Å². The smallest absolute Gasteiger partial charge is 0.399 e. The third-order valence-corrected chi connectivity index (χ3v) is 4.94. The molecule has 1 aliphatic heterocycles. The number of aromatic amines is 1. The highest BCUT2D eigenvalue weighted by Gasteiger charge is 2.53. The summed E-state index contributed by atoms with van der Waals surface area (Å²) in [6.45, 7) is 10.6. The fraction of sp³-hybridized carbons (Fsp3) is 0.500. The third kappa shape index (κ3) is 1.82. The molecule has 1 unspecified atom stereocenters. The van der Waals surface area contributed by atoms with Gasteiger partial charge < -0.3 is 14.3 Å². The van der Waals surface area contributed by atoms with Gasteiger partial charge in [-0.3, -0.25) is 0 Å². The lowest BCUT2D eigenvalue weighted by molar-refractivity contribution is -0.0118. The van der Waals surface area contributed by atoms with Crippen molar-refractivity contribution >= 4 is 23.5 Å². The Morgan fingerprint density at radius 3 is 2.55 bits per heavy atom. The van der Waals surface area contributed by atoms with E-state index in [1.165, 1.54) is 10.9 Å². The first-order chi connectivity index (χ1) is 9.38. The Kier molecular flexibility index (Phi) is 3.00. The monoisotopic (exact) mass is 271 g/mol. The Bertz CT molecular complexity index is 649. The van der Waals surface area contributed by atoms with Crippen molar-refractivity contribution in [2.75, 3.05) is 0 Å². The Labute approximate surface area is 120 Å². The average molecular weight is 271 g/mol. The van der Waals surface area contributed by atoms with Gasteiger partial charge in [-0.1, -0.05) is 19.1 Å². The lowest BCUT2D eigenvalue weighted by Crippen LogP contribution is -2.44. The van der Waals surface area contributed by atoms with E-state index in [0.29, 0.717) is 0 Å². The molecule has 0 amide bonds. The molecule has 2 heterocycles. The number of rotatable bonds is 2. The van der Waals surface area contributed by atoms with Crippen molar-refractivity contribution < 1.29 is 9.31 Å². The number of hydrogen-bond acceptors (Lipinski definition) is 2. The third-order valence-electron chi connectivity index (χ3n) is 4.94. The molecule has 106 valence electrons. The van der Waals surface area contributed by atoms with Crippen molar-refractivity contribution in [1.82, 2.24) is 4.98 Å². The Balaban J connectivity index is 2.06. The van der Waals surface area contributed by atoms with Crippen LogP contribution >= 0.6 is 0 Å². The summed E-state index contributed by atoms with van der Waals surface area (Å²) in [5.74, 6) is 0. The van der Waals surface area contributed by atoms with Crippen LogP contribution < -0.4 is 5.46 Å².